The molecule has 0 fully saturated rings. The normalized spacial score (nSPS) is 10.6. The molecule has 0 bridgehead atoms. The largest absolute Gasteiger partial charge is 0.726 e. The molecule has 0 atom stereocenters. The second-order valence-corrected chi connectivity index (χ2v) is 3.80. The van der Waals surface area contributed by atoms with Gasteiger partial charge in [-0.05, 0) is 0 Å². The maximum absolute atomic E-state index is 9.22. The summed E-state index contributed by atoms with van der Waals surface area (Å²) in [5.74, 6) is 1.20. The Balaban J connectivity index is 0.000000255. The minimum atomic E-state index is -4.41. The highest BCUT2D eigenvalue weighted by Gasteiger charge is 2.01. The molecule has 1 aromatic heterocycles. The van der Waals surface area contributed by atoms with Gasteiger partial charge in [-0.1, -0.05) is 0 Å². The number of imidazole rings is 1. The quantitative estimate of drug-likeness (QED) is 0.396. The van der Waals surface area contributed by atoms with Gasteiger partial charge in [0.15, 0.2) is 0 Å². The summed E-state index contributed by atoms with van der Waals surface area (Å²) in [7, 11) is -1.56. The fourth-order valence-electron chi connectivity index (χ4n) is 0.667. The molecule has 0 spiro atoms. The third-order valence-electron chi connectivity index (χ3n) is 1.73. The molecule has 0 aliphatic rings. The molecule has 1 aromatic rings. The SMILES string of the molecule is COS(=O)(=O)[O-].Cc1c[nH]c(C)[n+]1C. The topological polar surface area (TPSA) is 86.1 Å². The fourth-order valence-corrected chi connectivity index (χ4v) is 0.667. The van der Waals surface area contributed by atoms with E-state index in [0.29, 0.717) is 0 Å². The molecular formula is C7H14N2O4S. The second-order valence-electron chi connectivity index (χ2n) is 2.65. The van der Waals surface area contributed by atoms with Crippen LogP contribution in [0, 0.1) is 13.8 Å². The number of aromatic nitrogens is 2. The Hall–Kier alpha value is -0.920. The third-order valence-corrected chi connectivity index (χ3v) is 2.13. The summed E-state index contributed by atoms with van der Waals surface area (Å²) in [6, 6.07) is 0. The van der Waals surface area contributed by atoms with E-state index < -0.39 is 10.4 Å². The van der Waals surface area contributed by atoms with Crippen molar-refractivity contribution >= 4 is 10.4 Å². The summed E-state index contributed by atoms with van der Waals surface area (Å²) < 4.78 is 33.1. The molecule has 7 heteroatoms. The van der Waals surface area contributed by atoms with E-state index in [1.54, 1.807) is 0 Å². The van der Waals surface area contributed by atoms with Crippen LogP contribution in [0.3, 0.4) is 0 Å². The molecule has 0 unspecified atom stereocenters. The molecule has 0 aliphatic carbocycles. The first kappa shape index (κ1) is 13.1. The first-order valence-electron chi connectivity index (χ1n) is 3.80. The maximum atomic E-state index is 9.22. The maximum Gasteiger partial charge on any atom is 0.250 e. The Labute approximate surface area is 83.5 Å². The van der Waals surface area contributed by atoms with Gasteiger partial charge in [0.25, 0.3) is 5.82 Å². The molecule has 82 valence electrons. The van der Waals surface area contributed by atoms with Crippen LogP contribution in [0.5, 0.6) is 0 Å². The smallest absolute Gasteiger partial charge is 0.250 e. The fraction of sp³-hybridized carbons (Fsp3) is 0.571. The van der Waals surface area contributed by atoms with E-state index in [4.69, 9.17) is 0 Å². The molecule has 0 amide bonds. The Kier molecular flexibility index (Phi) is 4.75. The van der Waals surface area contributed by atoms with E-state index in [1.807, 2.05) is 20.2 Å². The highest BCUT2D eigenvalue weighted by Crippen LogP contribution is 1.86. The van der Waals surface area contributed by atoms with Crippen LogP contribution < -0.4 is 4.57 Å². The van der Waals surface area contributed by atoms with Crippen molar-refractivity contribution in [2.24, 2.45) is 7.05 Å². The van der Waals surface area contributed by atoms with Gasteiger partial charge in [-0.2, -0.15) is 0 Å². The lowest BCUT2D eigenvalue weighted by Gasteiger charge is -1.98. The molecular weight excluding hydrogens is 208 g/mol. The summed E-state index contributed by atoms with van der Waals surface area (Å²) in [5.41, 5.74) is 1.27. The van der Waals surface area contributed by atoms with E-state index in [2.05, 4.69) is 20.7 Å². The van der Waals surface area contributed by atoms with Crippen LogP contribution in [0.15, 0.2) is 6.20 Å². The number of rotatable bonds is 1. The van der Waals surface area contributed by atoms with Crippen LogP contribution in [0.4, 0.5) is 0 Å². The number of aromatic amines is 1. The van der Waals surface area contributed by atoms with Crippen LogP contribution in [-0.2, 0) is 21.6 Å². The number of aryl methyl sites for hydroxylation is 2. The molecule has 0 saturated heterocycles. The third kappa shape index (κ3) is 4.95. The zero-order chi connectivity index (χ0) is 11.4. The second kappa shape index (κ2) is 5.08. The van der Waals surface area contributed by atoms with Gasteiger partial charge in [0.2, 0.25) is 10.4 Å². The van der Waals surface area contributed by atoms with Gasteiger partial charge in [0.05, 0.1) is 14.2 Å². The average molecular weight is 222 g/mol. The van der Waals surface area contributed by atoms with Crippen molar-refractivity contribution in [3.63, 3.8) is 0 Å². The summed E-state index contributed by atoms with van der Waals surface area (Å²) in [4.78, 5) is 3.10. The minimum Gasteiger partial charge on any atom is -0.726 e. The summed E-state index contributed by atoms with van der Waals surface area (Å²) >= 11 is 0. The van der Waals surface area contributed by atoms with Gasteiger partial charge in [-0.3, -0.25) is 4.18 Å². The monoisotopic (exact) mass is 222 g/mol. The van der Waals surface area contributed by atoms with Crippen molar-refractivity contribution in [1.29, 1.82) is 0 Å². The molecule has 6 nitrogen and oxygen atoms in total. The number of nitrogens with one attached hydrogen (secondary N) is 1. The molecule has 14 heavy (non-hydrogen) atoms. The molecule has 0 radical (unpaired) electrons. The van der Waals surface area contributed by atoms with Gasteiger partial charge in [-0.15, -0.1) is 0 Å². The molecule has 0 saturated carbocycles. The first-order valence-corrected chi connectivity index (χ1v) is 5.13. The van der Waals surface area contributed by atoms with E-state index in [-0.39, 0.29) is 0 Å². The lowest BCUT2D eigenvalue weighted by molar-refractivity contribution is -0.682. The van der Waals surface area contributed by atoms with E-state index in [0.717, 1.165) is 7.11 Å². The van der Waals surface area contributed by atoms with Crippen LogP contribution >= 0.6 is 0 Å². The van der Waals surface area contributed by atoms with Crippen LogP contribution in [-0.4, -0.2) is 25.1 Å². The predicted molar refractivity (Wildman–Crippen MR) is 48.1 cm³/mol. The van der Waals surface area contributed by atoms with Crippen molar-refractivity contribution in [2.45, 2.75) is 13.8 Å². The highest BCUT2D eigenvalue weighted by molar-refractivity contribution is 7.80. The van der Waals surface area contributed by atoms with E-state index in [9.17, 15) is 13.0 Å². The standard InChI is InChI=1S/C6H10N2.CH4O4S/c1-5-4-7-6(2)8(5)3;1-5-6(2,3)4/h4H,1-3H3;1H3,(H,2,3,4). The van der Waals surface area contributed by atoms with Crippen molar-refractivity contribution in [2.75, 3.05) is 7.11 Å². The zero-order valence-electron chi connectivity index (χ0n) is 8.57. The number of hydrogen-bond acceptors (Lipinski definition) is 4. The minimum absolute atomic E-state index is 0.808. The van der Waals surface area contributed by atoms with Crippen molar-refractivity contribution in [3.05, 3.63) is 17.7 Å². The summed E-state index contributed by atoms with van der Waals surface area (Å²) in [5, 5.41) is 0. The summed E-state index contributed by atoms with van der Waals surface area (Å²) in [6.45, 7) is 4.12. The molecule has 0 aliphatic heterocycles. The summed E-state index contributed by atoms with van der Waals surface area (Å²) in [6.07, 6.45) is 2.00. The van der Waals surface area contributed by atoms with Crippen molar-refractivity contribution in [3.8, 4) is 0 Å². The number of hydrogen-bond donors (Lipinski definition) is 1. The number of H-pyrrole nitrogens is 1. The average Bonchev–Trinajstić information content (AvgIpc) is 2.36. The number of nitrogens with zero attached hydrogens (tertiary/aromatic N) is 1. The Morgan fingerprint density at radius 1 is 1.50 bits per heavy atom. The van der Waals surface area contributed by atoms with Gasteiger partial charge in [0.1, 0.15) is 11.9 Å². The first-order chi connectivity index (χ1) is 6.28. The molecule has 1 rings (SSSR count). The predicted octanol–water partition coefficient (Wildman–Crippen LogP) is -0.451. The van der Waals surface area contributed by atoms with E-state index in [1.165, 1.54) is 11.5 Å². The Morgan fingerprint density at radius 3 is 2.00 bits per heavy atom. The Bertz CT molecular complexity index is 363. The van der Waals surface area contributed by atoms with Crippen molar-refractivity contribution < 1.29 is 21.7 Å². The van der Waals surface area contributed by atoms with Gasteiger partial charge in [-0.25, -0.2) is 18.0 Å². The lowest BCUT2D eigenvalue weighted by Crippen LogP contribution is -2.31. The zero-order valence-corrected chi connectivity index (χ0v) is 9.38. The molecule has 1 N–H and O–H groups in total. The lowest BCUT2D eigenvalue weighted by atomic mass is 10.5. The van der Waals surface area contributed by atoms with Crippen LogP contribution in [0.25, 0.3) is 0 Å². The van der Waals surface area contributed by atoms with E-state index >= 15 is 0 Å². The van der Waals surface area contributed by atoms with Gasteiger partial charge >= 0.3 is 0 Å². The van der Waals surface area contributed by atoms with Crippen molar-refractivity contribution in [1.82, 2.24) is 4.98 Å². The van der Waals surface area contributed by atoms with Crippen LogP contribution in [0.1, 0.15) is 11.5 Å². The molecule has 0 aromatic carbocycles. The van der Waals surface area contributed by atoms with Gasteiger partial charge < -0.3 is 4.55 Å². The van der Waals surface area contributed by atoms with Gasteiger partial charge in [0, 0.05) is 13.8 Å². The van der Waals surface area contributed by atoms with Crippen LogP contribution in [0.2, 0.25) is 0 Å². The molecule has 1 heterocycles. The Morgan fingerprint density at radius 2 is 1.93 bits per heavy atom. The highest BCUT2D eigenvalue weighted by atomic mass is 32.3.